The summed E-state index contributed by atoms with van der Waals surface area (Å²) >= 11 is 0. The number of amides is 1. The lowest BCUT2D eigenvalue weighted by Crippen LogP contribution is -2.51. The molecule has 0 saturated carbocycles. The van der Waals surface area contributed by atoms with Crippen LogP contribution < -0.4 is 9.80 Å². The molecule has 7 heteroatoms. The van der Waals surface area contributed by atoms with Crippen LogP contribution in [0, 0.1) is 17.1 Å². The Labute approximate surface area is 186 Å². The number of ketones is 1. The second-order valence-corrected chi connectivity index (χ2v) is 8.89. The number of piperidine rings is 1. The van der Waals surface area contributed by atoms with Gasteiger partial charge in [0.15, 0.2) is 5.78 Å². The van der Waals surface area contributed by atoms with E-state index in [-0.39, 0.29) is 17.3 Å². The molecular weight excluding hydrogens is 407 g/mol. The van der Waals surface area contributed by atoms with E-state index in [0.29, 0.717) is 36.9 Å². The van der Waals surface area contributed by atoms with Gasteiger partial charge in [0, 0.05) is 44.1 Å². The first-order valence-corrected chi connectivity index (χ1v) is 11.1. The first-order valence-electron chi connectivity index (χ1n) is 11.1. The fourth-order valence-corrected chi connectivity index (χ4v) is 5.52. The maximum absolute atomic E-state index is 13.3. The topological polar surface area (TPSA) is 67.7 Å². The van der Waals surface area contributed by atoms with Gasteiger partial charge in [0.05, 0.1) is 29.6 Å². The largest absolute Gasteiger partial charge is 0.357 e. The van der Waals surface area contributed by atoms with Crippen LogP contribution in [0.15, 0.2) is 36.4 Å². The minimum Gasteiger partial charge on any atom is -0.357 e. The second kappa shape index (κ2) is 8.03. The molecule has 5 rings (SSSR count). The number of halogens is 1. The summed E-state index contributed by atoms with van der Waals surface area (Å²) in [7, 11) is 1.85. The number of carbonyl (C=O) groups excluding carboxylic acids is 2. The number of rotatable bonds is 5. The highest BCUT2D eigenvalue weighted by Crippen LogP contribution is 2.50. The molecule has 2 atom stereocenters. The summed E-state index contributed by atoms with van der Waals surface area (Å²) in [5.74, 6) is -0.137. The number of hydrogen-bond acceptors (Lipinski definition) is 5. The van der Waals surface area contributed by atoms with Gasteiger partial charge in [-0.15, -0.1) is 0 Å². The predicted molar refractivity (Wildman–Crippen MR) is 119 cm³/mol. The number of para-hydroxylation sites is 1. The molecule has 164 valence electrons. The van der Waals surface area contributed by atoms with Gasteiger partial charge in [-0.25, -0.2) is 4.39 Å². The summed E-state index contributed by atoms with van der Waals surface area (Å²) in [4.78, 5) is 31.5. The van der Waals surface area contributed by atoms with Crippen molar-refractivity contribution in [1.82, 2.24) is 4.90 Å². The van der Waals surface area contributed by atoms with Gasteiger partial charge in [-0.3, -0.25) is 9.59 Å². The molecule has 0 N–H and O–H groups in total. The Hall–Kier alpha value is -3.24. The Morgan fingerprint density at radius 1 is 1.28 bits per heavy atom. The highest BCUT2D eigenvalue weighted by molar-refractivity contribution is 6.04. The van der Waals surface area contributed by atoms with Crippen molar-refractivity contribution in [3.05, 3.63) is 58.9 Å². The van der Waals surface area contributed by atoms with Crippen LogP contribution in [-0.4, -0.2) is 55.9 Å². The zero-order chi connectivity index (χ0) is 22.4. The van der Waals surface area contributed by atoms with E-state index in [1.807, 2.05) is 25.2 Å². The molecule has 0 unspecified atom stereocenters. The average molecular weight is 432 g/mol. The third kappa shape index (κ3) is 3.35. The molecule has 32 heavy (non-hydrogen) atoms. The number of nitrogens with zero attached hydrogens (tertiary/aromatic N) is 4. The molecule has 0 bridgehead atoms. The van der Waals surface area contributed by atoms with E-state index in [2.05, 4.69) is 15.9 Å². The number of Topliss-reactive ketones (excluding diaryl/α,β-unsaturated/α-hetero) is 1. The van der Waals surface area contributed by atoms with Crippen LogP contribution in [0.2, 0.25) is 0 Å². The minimum atomic E-state index is -0.508. The molecule has 2 aromatic rings. The highest BCUT2D eigenvalue weighted by atomic mass is 19.1. The third-order valence-corrected chi connectivity index (χ3v) is 7.12. The number of likely N-dealkylation sites (tertiary alicyclic amines) is 1. The summed E-state index contributed by atoms with van der Waals surface area (Å²) in [6.07, 6.45) is 2.01. The summed E-state index contributed by atoms with van der Waals surface area (Å²) in [6, 6.07) is 12.3. The molecule has 3 aliphatic rings. The summed E-state index contributed by atoms with van der Waals surface area (Å²) < 4.78 is 13.3. The van der Waals surface area contributed by atoms with Crippen LogP contribution in [0.3, 0.4) is 0 Å². The molecule has 3 heterocycles. The predicted octanol–water partition coefficient (Wildman–Crippen LogP) is 3.31. The maximum atomic E-state index is 13.3. The molecule has 6 nitrogen and oxygen atoms in total. The van der Waals surface area contributed by atoms with Crippen molar-refractivity contribution in [2.75, 3.05) is 43.0 Å². The quantitative estimate of drug-likeness (QED) is 0.678. The lowest BCUT2D eigenvalue weighted by Gasteiger charge is -2.40. The number of carbonyl (C=O) groups is 2. The molecule has 0 spiro atoms. The van der Waals surface area contributed by atoms with E-state index in [1.54, 1.807) is 4.90 Å². The Balaban J connectivity index is 1.24. The number of nitriles is 1. The van der Waals surface area contributed by atoms with Gasteiger partial charge in [-0.1, -0.05) is 12.1 Å². The average Bonchev–Trinajstić information content (AvgIpc) is 3.11. The van der Waals surface area contributed by atoms with Crippen LogP contribution in [0.4, 0.5) is 15.8 Å². The van der Waals surface area contributed by atoms with Crippen LogP contribution >= 0.6 is 0 Å². The van der Waals surface area contributed by atoms with Crippen LogP contribution in [-0.2, 0) is 4.79 Å². The normalized spacial score (nSPS) is 21.8. The van der Waals surface area contributed by atoms with Crippen molar-refractivity contribution in [1.29, 1.82) is 5.26 Å². The van der Waals surface area contributed by atoms with E-state index in [9.17, 15) is 19.2 Å². The SMILES string of the molecule is CN1C(=O)CN2c3c(cccc31)[C@@H]1CN(CCCC(=O)c3ccc(F)cc3C#N)CC[C@@H]12. The van der Waals surface area contributed by atoms with E-state index >= 15 is 0 Å². The minimum absolute atomic E-state index is 0.0966. The number of likely N-dealkylation sites (N-methyl/N-ethyl adjacent to an activating group) is 1. The first-order chi connectivity index (χ1) is 15.5. The Bertz CT molecular complexity index is 1140. The lowest BCUT2D eigenvalue weighted by atomic mass is 9.89. The molecule has 2 aromatic carbocycles. The van der Waals surface area contributed by atoms with Crippen molar-refractivity contribution >= 4 is 23.1 Å². The maximum Gasteiger partial charge on any atom is 0.246 e. The molecule has 1 saturated heterocycles. The molecular formula is C25H25FN4O2. The second-order valence-electron chi connectivity index (χ2n) is 8.89. The Morgan fingerprint density at radius 3 is 2.94 bits per heavy atom. The molecule has 0 aromatic heterocycles. The van der Waals surface area contributed by atoms with Crippen molar-refractivity contribution in [2.45, 2.75) is 31.2 Å². The summed E-state index contributed by atoms with van der Waals surface area (Å²) in [5.41, 5.74) is 3.92. The van der Waals surface area contributed by atoms with Gasteiger partial charge in [0.1, 0.15) is 5.82 Å². The van der Waals surface area contributed by atoms with E-state index in [0.717, 1.165) is 37.8 Å². The Morgan fingerprint density at radius 2 is 2.12 bits per heavy atom. The van der Waals surface area contributed by atoms with Gasteiger partial charge >= 0.3 is 0 Å². The lowest BCUT2D eigenvalue weighted by molar-refractivity contribution is -0.117. The van der Waals surface area contributed by atoms with Crippen LogP contribution in [0.25, 0.3) is 0 Å². The third-order valence-electron chi connectivity index (χ3n) is 7.12. The molecule has 1 fully saturated rings. The molecule has 0 aliphatic carbocycles. The number of hydrogen-bond donors (Lipinski definition) is 0. The van der Waals surface area contributed by atoms with E-state index in [4.69, 9.17) is 0 Å². The van der Waals surface area contributed by atoms with Gasteiger partial charge < -0.3 is 14.7 Å². The fourth-order valence-electron chi connectivity index (χ4n) is 5.52. The Kier molecular flexibility index (Phi) is 5.18. The van der Waals surface area contributed by atoms with Gasteiger partial charge in [-0.05, 0) is 49.2 Å². The van der Waals surface area contributed by atoms with Gasteiger partial charge in [0.2, 0.25) is 5.91 Å². The summed E-state index contributed by atoms with van der Waals surface area (Å²) in [6.45, 7) is 3.07. The van der Waals surface area contributed by atoms with Crippen molar-refractivity contribution in [2.24, 2.45) is 0 Å². The molecule has 1 amide bonds. The zero-order valence-electron chi connectivity index (χ0n) is 18.1. The van der Waals surface area contributed by atoms with Gasteiger partial charge in [0.25, 0.3) is 0 Å². The van der Waals surface area contributed by atoms with Crippen LogP contribution in [0.5, 0.6) is 0 Å². The smallest absolute Gasteiger partial charge is 0.246 e. The van der Waals surface area contributed by atoms with Crippen molar-refractivity contribution in [3.8, 4) is 6.07 Å². The molecule has 3 aliphatic heterocycles. The standard InChI is InChI=1S/C25H25FN4O2/c1-28-22-5-2-4-19-20-14-29(11-9-21(20)30(25(19)22)15-24(28)32)10-3-6-23(31)18-8-7-17(26)12-16(18)13-27/h2,4-5,7-8,12,20-21H,3,6,9-11,14-15H2,1H3/t20-,21-/m0/s1. The van der Waals surface area contributed by atoms with Crippen molar-refractivity contribution in [3.63, 3.8) is 0 Å². The fraction of sp³-hybridized carbons (Fsp3) is 0.400. The monoisotopic (exact) mass is 432 g/mol. The van der Waals surface area contributed by atoms with E-state index < -0.39 is 5.82 Å². The summed E-state index contributed by atoms with van der Waals surface area (Å²) in [5, 5.41) is 9.18. The highest BCUT2D eigenvalue weighted by Gasteiger charge is 2.46. The number of fused-ring (bicyclic) bond motifs is 3. The van der Waals surface area contributed by atoms with Gasteiger partial charge in [-0.2, -0.15) is 5.26 Å². The number of benzene rings is 2. The van der Waals surface area contributed by atoms with Crippen LogP contribution in [0.1, 0.15) is 46.7 Å². The zero-order valence-corrected chi connectivity index (χ0v) is 18.1. The number of anilines is 2. The molecule has 0 radical (unpaired) electrons. The van der Waals surface area contributed by atoms with Crippen molar-refractivity contribution < 1.29 is 14.0 Å². The van der Waals surface area contributed by atoms with E-state index in [1.165, 1.54) is 23.4 Å². The first kappa shape index (κ1) is 20.7.